The quantitative estimate of drug-likeness (QED) is 0.148. The van der Waals surface area contributed by atoms with E-state index >= 15 is 0 Å². The molecule has 12 aromatic carbocycles. The lowest BCUT2D eigenvalue weighted by Gasteiger charge is -2.25. The first-order valence-electron chi connectivity index (χ1n) is 28.6. The normalized spacial score (nSPS) is 13.6. The van der Waals surface area contributed by atoms with Crippen LogP contribution in [0.4, 0.5) is 17.1 Å². The molecule has 3 heteroatoms. The van der Waals surface area contributed by atoms with Crippen molar-refractivity contribution in [2.45, 2.75) is 0 Å². The van der Waals surface area contributed by atoms with Crippen molar-refractivity contribution in [2.24, 2.45) is 0 Å². The Bertz CT molecular complexity index is 4610. The smallest absolute Gasteiger partial charge is 0.0645 e. The van der Waals surface area contributed by atoms with Crippen LogP contribution in [0.25, 0.3) is 110 Å². The van der Waals surface area contributed by atoms with E-state index in [0.29, 0.717) is 0 Å². The van der Waals surface area contributed by atoms with Gasteiger partial charge in [-0.05, 0) is 147 Å². The molecule has 332 valence electrons. The van der Waals surface area contributed by atoms with Crippen LogP contribution in [-0.4, -0.2) is 9.13 Å². The molecule has 3 nitrogen and oxygen atoms in total. The number of nitrogens with zero attached hydrogens (tertiary/aromatic N) is 3. The first kappa shape index (κ1) is 31.6. The van der Waals surface area contributed by atoms with Crippen LogP contribution in [0.3, 0.4) is 0 Å². The minimum absolute atomic E-state index is 0.216. The third kappa shape index (κ3) is 6.82. The Morgan fingerprint density at radius 2 is 0.648 bits per heavy atom. The molecule has 0 bridgehead atoms. The summed E-state index contributed by atoms with van der Waals surface area (Å²) in [5.74, 6) is 0. The van der Waals surface area contributed by atoms with Crippen molar-refractivity contribution in [1.29, 1.82) is 0 Å². The third-order valence-corrected chi connectivity index (χ3v) is 13.8. The van der Waals surface area contributed by atoms with E-state index in [1.807, 2.05) is 12.1 Å². The van der Waals surface area contributed by atoms with Gasteiger partial charge in [0.1, 0.15) is 0 Å². The molecule has 0 fully saturated rings. The first-order valence-corrected chi connectivity index (χ1v) is 23.6. The summed E-state index contributed by atoms with van der Waals surface area (Å²) in [6.45, 7) is 0. The Hall–Kier alpha value is -9.44. The molecule has 14 aromatic rings. The second kappa shape index (κ2) is 16.7. The van der Waals surface area contributed by atoms with Crippen LogP contribution in [0.1, 0.15) is 13.7 Å². The van der Waals surface area contributed by atoms with Crippen LogP contribution >= 0.6 is 0 Å². The minimum atomic E-state index is -0.628. The molecule has 0 spiro atoms. The zero-order chi connectivity index (χ0) is 55.5. The predicted octanol–water partition coefficient (Wildman–Crippen LogP) is 18.7. The van der Waals surface area contributed by atoms with Gasteiger partial charge in [0, 0.05) is 49.4 Å². The van der Waals surface area contributed by atoms with Gasteiger partial charge < -0.3 is 14.0 Å². The lowest BCUT2D eigenvalue weighted by molar-refractivity contribution is 1.20. The summed E-state index contributed by atoms with van der Waals surface area (Å²) in [5.41, 5.74) is 11.5. The molecule has 2 aromatic heterocycles. The number of hydrogen-bond donors (Lipinski definition) is 0. The SMILES string of the molecule is [2H]c1c([2H])c([2H])c(N(c2ccc(-c3cc(-c4ccc5c(c4)c4ccccc4n5-c4cccc5ccccc45)cc(-c4ccc5c(c4)c4ccccc4n5-c4cccc5ccccc45)c3)cc2)c2c([2H])c([2H])c([2H])c([2H])c2[2H])c([2H])c1[2H]. The van der Waals surface area contributed by atoms with Crippen molar-refractivity contribution in [2.75, 3.05) is 4.90 Å². The van der Waals surface area contributed by atoms with Crippen molar-refractivity contribution >= 4 is 82.2 Å². The lowest BCUT2D eigenvalue weighted by atomic mass is 9.92. The summed E-state index contributed by atoms with van der Waals surface area (Å²) in [4.78, 5) is 1.18. The van der Waals surface area contributed by atoms with E-state index in [1.54, 1.807) is 12.1 Å². The zero-order valence-corrected chi connectivity index (χ0v) is 38.0. The van der Waals surface area contributed by atoms with Gasteiger partial charge in [0.2, 0.25) is 0 Å². The summed E-state index contributed by atoms with van der Waals surface area (Å²) in [5, 5.41) is 9.03. The van der Waals surface area contributed by atoms with E-state index in [-0.39, 0.29) is 17.1 Å². The second-order valence-corrected chi connectivity index (χ2v) is 17.8. The first-order chi connectivity index (χ1) is 39.4. The largest absolute Gasteiger partial charge is 0.311 e. The highest BCUT2D eigenvalue weighted by Crippen LogP contribution is 2.42. The van der Waals surface area contributed by atoms with Crippen molar-refractivity contribution in [1.82, 2.24) is 9.13 Å². The molecule has 0 N–H and O–H groups in total. The molecule has 0 atom stereocenters. The average Bonchev–Trinajstić information content (AvgIpc) is 4.25. The number of aromatic nitrogens is 2. The lowest BCUT2D eigenvalue weighted by Crippen LogP contribution is -2.09. The van der Waals surface area contributed by atoms with Crippen LogP contribution in [-0.2, 0) is 0 Å². The van der Waals surface area contributed by atoms with Crippen molar-refractivity contribution in [3.8, 4) is 44.8 Å². The molecule has 0 aliphatic rings. The van der Waals surface area contributed by atoms with E-state index in [0.717, 1.165) is 110 Å². The number of para-hydroxylation sites is 4. The van der Waals surface area contributed by atoms with E-state index in [9.17, 15) is 0 Å². The van der Waals surface area contributed by atoms with E-state index in [4.69, 9.17) is 13.7 Å². The number of benzene rings is 12. The molecule has 0 radical (unpaired) electrons. The van der Waals surface area contributed by atoms with Gasteiger partial charge in [-0.2, -0.15) is 0 Å². The fourth-order valence-corrected chi connectivity index (χ4v) is 10.6. The maximum absolute atomic E-state index is 9.02. The fourth-order valence-electron chi connectivity index (χ4n) is 10.6. The maximum atomic E-state index is 9.02. The second-order valence-electron chi connectivity index (χ2n) is 17.8. The molecule has 0 aliphatic heterocycles. The molecule has 0 amide bonds. The monoisotopic (exact) mass is 913 g/mol. The van der Waals surface area contributed by atoms with Crippen molar-refractivity contribution < 1.29 is 13.7 Å². The molecule has 2 heterocycles. The third-order valence-electron chi connectivity index (χ3n) is 13.8. The highest BCUT2D eigenvalue weighted by Gasteiger charge is 2.19. The van der Waals surface area contributed by atoms with Gasteiger partial charge in [0.05, 0.1) is 47.1 Å². The Morgan fingerprint density at radius 3 is 1.13 bits per heavy atom. The van der Waals surface area contributed by atoms with Crippen LogP contribution in [0, 0.1) is 0 Å². The van der Waals surface area contributed by atoms with Crippen LogP contribution in [0.15, 0.2) is 273 Å². The number of fused-ring (bicyclic) bond motifs is 8. The Balaban J connectivity index is 0.975. The van der Waals surface area contributed by atoms with Crippen LogP contribution in [0.2, 0.25) is 0 Å². The molecular weight excluding hydrogens is 859 g/mol. The van der Waals surface area contributed by atoms with Gasteiger partial charge in [-0.15, -0.1) is 0 Å². The van der Waals surface area contributed by atoms with E-state index < -0.39 is 60.4 Å². The predicted molar refractivity (Wildman–Crippen MR) is 301 cm³/mol. The van der Waals surface area contributed by atoms with Gasteiger partial charge in [0.25, 0.3) is 0 Å². The Morgan fingerprint density at radius 1 is 0.268 bits per heavy atom. The highest BCUT2D eigenvalue weighted by molar-refractivity contribution is 6.13. The molecule has 0 unspecified atom stereocenters. The zero-order valence-electron chi connectivity index (χ0n) is 48.0. The molecule has 0 saturated carbocycles. The summed E-state index contributed by atoms with van der Waals surface area (Å²) < 4.78 is 91.8. The Labute approximate surface area is 426 Å². The van der Waals surface area contributed by atoms with E-state index in [2.05, 4.69) is 197 Å². The van der Waals surface area contributed by atoms with Gasteiger partial charge in [0.15, 0.2) is 0 Å². The Kier molecular flexibility index (Phi) is 7.41. The molecule has 14 rings (SSSR count). The van der Waals surface area contributed by atoms with Crippen molar-refractivity contribution in [3.05, 3.63) is 273 Å². The summed E-state index contributed by atoms with van der Waals surface area (Å²) in [6.07, 6.45) is 0. The molecule has 0 aliphatic carbocycles. The van der Waals surface area contributed by atoms with Gasteiger partial charge in [-0.25, -0.2) is 0 Å². The van der Waals surface area contributed by atoms with E-state index in [1.165, 1.54) is 4.90 Å². The molecule has 0 saturated heterocycles. The molecular formula is C68H45N3. The van der Waals surface area contributed by atoms with Gasteiger partial charge in [-0.1, -0.05) is 170 Å². The number of anilines is 3. The molecule has 71 heavy (non-hydrogen) atoms. The summed E-state index contributed by atoms with van der Waals surface area (Å²) >= 11 is 0. The van der Waals surface area contributed by atoms with Crippen LogP contribution < -0.4 is 4.90 Å². The van der Waals surface area contributed by atoms with Crippen molar-refractivity contribution in [3.63, 3.8) is 0 Å². The topological polar surface area (TPSA) is 13.1 Å². The fraction of sp³-hybridized carbons (Fsp3) is 0. The highest BCUT2D eigenvalue weighted by atomic mass is 15.1. The standard InChI is InChI=1S/C68H45N3/c1-3-21-54(22-4-1)69(55-23-5-2-6-24-55)56-37-33-46(34-38-56)51-41-52(49-35-39-67-61(44-49)59-27-11-13-29-65(59)70(67)63-31-15-19-47-17-7-9-25-57(47)63)43-53(42-51)50-36-40-68-62(45-50)60-28-12-14-30-66(60)71(68)64-32-16-20-48-18-8-10-26-58(48)64/h1-45H/i1D,2D,3D,4D,5D,6D,21D,22D,23D,24D. The minimum Gasteiger partial charge on any atom is -0.311 e. The average molecular weight is 914 g/mol. The number of rotatable bonds is 8. The summed E-state index contributed by atoms with van der Waals surface area (Å²) in [7, 11) is 0. The van der Waals surface area contributed by atoms with Gasteiger partial charge >= 0.3 is 0 Å². The van der Waals surface area contributed by atoms with Crippen LogP contribution in [0.5, 0.6) is 0 Å². The summed E-state index contributed by atoms with van der Waals surface area (Å²) in [6, 6.07) is 67.5. The maximum Gasteiger partial charge on any atom is 0.0645 e. The number of hydrogen-bond acceptors (Lipinski definition) is 1. The van der Waals surface area contributed by atoms with Gasteiger partial charge in [-0.3, -0.25) is 0 Å².